The fourth-order valence-electron chi connectivity index (χ4n) is 1.21. The van der Waals surface area contributed by atoms with E-state index in [-0.39, 0.29) is 12.0 Å². The highest BCUT2D eigenvalue weighted by atomic mass is 16.3. The molecule has 1 aliphatic carbocycles. The average molecular weight is 154 g/mol. The summed E-state index contributed by atoms with van der Waals surface area (Å²) in [5.74, 6) is 0. The fourth-order valence-corrected chi connectivity index (χ4v) is 1.21. The van der Waals surface area contributed by atoms with E-state index in [0.29, 0.717) is 0 Å². The predicted molar refractivity (Wildman–Crippen MR) is 44.1 cm³/mol. The lowest BCUT2D eigenvalue weighted by atomic mass is 9.84. The van der Waals surface area contributed by atoms with Crippen LogP contribution >= 0.6 is 0 Å². The molecule has 0 saturated heterocycles. The van der Waals surface area contributed by atoms with Crippen LogP contribution in [0.25, 0.3) is 0 Å². The van der Waals surface area contributed by atoms with Crippen LogP contribution in [0.2, 0.25) is 0 Å². The summed E-state index contributed by atoms with van der Waals surface area (Å²) < 4.78 is 0. The summed E-state index contributed by atoms with van der Waals surface area (Å²) in [5, 5.41) is 18.2. The molecule has 0 heterocycles. The van der Waals surface area contributed by atoms with Crippen molar-refractivity contribution in [2.75, 3.05) is 6.61 Å². The monoisotopic (exact) mass is 154 g/mol. The largest absolute Gasteiger partial charge is 0.395 e. The zero-order valence-electron chi connectivity index (χ0n) is 6.91. The molecule has 62 valence electrons. The SMILES string of the molecule is CC1=CC(C)(CO)C=CC1O. The summed E-state index contributed by atoms with van der Waals surface area (Å²) in [6, 6.07) is 0. The van der Waals surface area contributed by atoms with Gasteiger partial charge in [-0.05, 0) is 12.5 Å². The van der Waals surface area contributed by atoms with Crippen LogP contribution in [0.3, 0.4) is 0 Å². The maximum absolute atomic E-state index is 9.27. The van der Waals surface area contributed by atoms with Crippen molar-refractivity contribution in [3.63, 3.8) is 0 Å². The number of aliphatic hydroxyl groups is 2. The van der Waals surface area contributed by atoms with Crippen molar-refractivity contribution in [3.05, 3.63) is 23.8 Å². The molecule has 0 aliphatic heterocycles. The Balaban J connectivity index is 2.84. The Morgan fingerprint density at radius 3 is 2.73 bits per heavy atom. The van der Waals surface area contributed by atoms with Crippen LogP contribution in [0.15, 0.2) is 23.8 Å². The minimum atomic E-state index is -0.463. The van der Waals surface area contributed by atoms with Gasteiger partial charge < -0.3 is 10.2 Å². The van der Waals surface area contributed by atoms with Crippen LogP contribution in [0.5, 0.6) is 0 Å². The third-order valence-electron chi connectivity index (χ3n) is 2.02. The van der Waals surface area contributed by atoms with Crippen LogP contribution in [0, 0.1) is 5.41 Å². The molecule has 0 radical (unpaired) electrons. The molecule has 1 aliphatic rings. The van der Waals surface area contributed by atoms with E-state index in [0.717, 1.165) is 5.57 Å². The Hall–Kier alpha value is -0.600. The summed E-state index contributed by atoms with van der Waals surface area (Å²) in [4.78, 5) is 0. The highest BCUT2D eigenvalue weighted by Gasteiger charge is 2.22. The van der Waals surface area contributed by atoms with Gasteiger partial charge in [-0.1, -0.05) is 25.2 Å². The summed E-state index contributed by atoms with van der Waals surface area (Å²) >= 11 is 0. The normalized spacial score (nSPS) is 37.1. The maximum Gasteiger partial charge on any atom is 0.0929 e. The second-order valence-electron chi connectivity index (χ2n) is 3.36. The first kappa shape index (κ1) is 8.50. The lowest BCUT2D eigenvalue weighted by Crippen LogP contribution is -2.22. The molecule has 0 aromatic carbocycles. The molecule has 0 bridgehead atoms. The second-order valence-corrected chi connectivity index (χ2v) is 3.36. The molecule has 0 aromatic heterocycles. The fraction of sp³-hybridized carbons (Fsp3) is 0.556. The first-order valence-corrected chi connectivity index (χ1v) is 3.75. The summed E-state index contributed by atoms with van der Waals surface area (Å²) in [6.45, 7) is 3.88. The van der Waals surface area contributed by atoms with Crippen molar-refractivity contribution in [2.24, 2.45) is 5.41 Å². The lowest BCUT2D eigenvalue weighted by molar-refractivity contribution is 0.204. The molecule has 11 heavy (non-hydrogen) atoms. The van der Waals surface area contributed by atoms with Gasteiger partial charge in [0.2, 0.25) is 0 Å². The van der Waals surface area contributed by atoms with Gasteiger partial charge in [-0.3, -0.25) is 0 Å². The van der Waals surface area contributed by atoms with Gasteiger partial charge in [-0.15, -0.1) is 0 Å². The first-order valence-electron chi connectivity index (χ1n) is 3.75. The Morgan fingerprint density at radius 2 is 2.27 bits per heavy atom. The summed E-state index contributed by atoms with van der Waals surface area (Å²) in [6.07, 6.45) is 4.99. The van der Waals surface area contributed by atoms with Gasteiger partial charge in [0.1, 0.15) is 0 Å². The minimum Gasteiger partial charge on any atom is -0.395 e. The Kier molecular flexibility index (Phi) is 2.16. The zero-order valence-corrected chi connectivity index (χ0v) is 6.91. The van der Waals surface area contributed by atoms with Crippen molar-refractivity contribution < 1.29 is 10.2 Å². The van der Waals surface area contributed by atoms with Crippen molar-refractivity contribution in [1.82, 2.24) is 0 Å². The van der Waals surface area contributed by atoms with Crippen molar-refractivity contribution in [2.45, 2.75) is 20.0 Å². The van der Waals surface area contributed by atoms with Crippen LogP contribution in [-0.4, -0.2) is 22.9 Å². The van der Waals surface area contributed by atoms with Crippen molar-refractivity contribution >= 4 is 0 Å². The minimum absolute atomic E-state index is 0.0908. The molecule has 2 unspecified atom stereocenters. The van der Waals surface area contributed by atoms with E-state index in [1.807, 2.05) is 26.0 Å². The summed E-state index contributed by atoms with van der Waals surface area (Å²) in [7, 11) is 0. The molecule has 0 amide bonds. The second kappa shape index (κ2) is 2.80. The molecule has 1 rings (SSSR count). The third kappa shape index (κ3) is 1.70. The molecule has 2 nitrogen and oxygen atoms in total. The van der Waals surface area contributed by atoms with Gasteiger partial charge in [0, 0.05) is 5.41 Å². The lowest BCUT2D eigenvalue weighted by Gasteiger charge is -2.25. The smallest absolute Gasteiger partial charge is 0.0929 e. The van der Waals surface area contributed by atoms with E-state index in [9.17, 15) is 5.11 Å². The number of aliphatic hydroxyl groups excluding tert-OH is 2. The van der Waals surface area contributed by atoms with E-state index >= 15 is 0 Å². The van der Waals surface area contributed by atoms with E-state index < -0.39 is 6.10 Å². The average Bonchev–Trinajstić information content (AvgIpc) is 1.98. The van der Waals surface area contributed by atoms with Gasteiger partial charge in [-0.2, -0.15) is 0 Å². The zero-order chi connectivity index (χ0) is 8.48. The van der Waals surface area contributed by atoms with Crippen LogP contribution in [-0.2, 0) is 0 Å². The number of rotatable bonds is 1. The van der Waals surface area contributed by atoms with Gasteiger partial charge in [0.15, 0.2) is 0 Å². The number of hydrogen-bond donors (Lipinski definition) is 2. The van der Waals surface area contributed by atoms with E-state index in [1.54, 1.807) is 6.08 Å². The van der Waals surface area contributed by atoms with Gasteiger partial charge in [-0.25, -0.2) is 0 Å². The Morgan fingerprint density at radius 1 is 1.64 bits per heavy atom. The number of hydrogen-bond acceptors (Lipinski definition) is 2. The maximum atomic E-state index is 9.27. The molecule has 0 spiro atoms. The van der Waals surface area contributed by atoms with Crippen LogP contribution < -0.4 is 0 Å². The molecular weight excluding hydrogens is 140 g/mol. The van der Waals surface area contributed by atoms with Crippen molar-refractivity contribution in [1.29, 1.82) is 0 Å². The Bertz CT molecular complexity index is 206. The highest BCUT2D eigenvalue weighted by molar-refractivity contribution is 5.26. The first-order chi connectivity index (χ1) is 5.07. The van der Waals surface area contributed by atoms with E-state index in [4.69, 9.17) is 5.11 Å². The summed E-state index contributed by atoms with van der Waals surface area (Å²) in [5.41, 5.74) is 0.632. The van der Waals surface area contributed by atoms with E-state index in [1.165, 1.54) is 0 Å². The molecule has 0 fully saturated rings. The third-order valence-corrected chi connectivity index (χ3v) is 2.02. The topological polar surface area (TPSA) is 40.5 Å². The van der Waals surface area contributed by atoms with Gasteiger partial charge in [0.25, 0.3) is 0 Å². The van der Waals surface area contributed by atoms with Crippen LogP contribution in [0.4, 0.5) is 0 Å². The molecule has 0 aromatic rings. The molecule has 2 atom stereocenters. The van der Waals surface area contributed by atoms with Crippen LogP contribution in [0.1, 0.15) is 13.8 Å². The predicted octanol–water partition coefficient (Wildman–Crippen LogP) is 0.862. The molecule has 2 heteroatoms. The van der Waals surface area contributed by atoms with E-state index in [2.05, 4.69) is 0 Å². The Labute approximate surface area is 66.9 Å². The molecule has 2 N–H and O–H groups in total. The highest BCUT2D eigenvalue weighted by Crippen LogP contribution is 2.27. The quantitative estimate of drug-likeness (QED) is 0.550. The molecule has 0 saturated carbocycles. The van der Waals surface area contributed by atoms with Crippen molar-refractivity contribution in [3.8, 4) is 0 Å². The standard InChI is InChI=1S/C9H14O2/c1-7-5-9(2,6-10)4-3-8(7)11/h3-5,8,10-11H,6H2,1-2H3. The van der Waals surface area contributed by atoms with Gasteiger partial charge in [0.05, 0.1) is 12.7 Å². The van der Waals surface area contributed by atoms with Gasteiger partial charge >= 0.3 is 0 Å². The molecular formula is C9H14O2.